The normalized spacial score (nSPS) is 12.2. The molecule has 1 heterocycles. The number of hydrogen-bond donors (Lipinski definition) is 0. The van der Waals surface area contributed by atoms with Crippen molar-refractivity contribution in [2.75, 3.05) is 9.80 Å². The Morgan fingerprint density at radius 3 is 1.37 bits per heavy atom. The van der Waals surface area contributed by atoms with Gasteiger partial charge in [0.05, 0.1) is 15.9 Å². The summed E-state index contributed by atoms with van der Waals surface area (Å²) < 4.78 is 39.0. The van der Waals surface area contributed by atoms with Gasteiger partial charge in [-0.3, -0.25) is 0 Å². The number of anilines is 6. The van der Waals surface area contributed by atoms with Crippen molar-refractivity contribution >= 4 is 65.6 Å². The molecule has 0 atom stereocenters. The van der Waals surface area contributed by atoms with Crippen LogP contribution in [0, 0.1) is 0 Å². The maximum Gasteiger partial charge on any atom is 0.0645 e. The lowest BCUT2D eigenvalue weighted by molar-refractivity contribution is 1.28. The Labute approximate surface area is 308 Å². The van der Waals surface area contributed by atoms with Crippen molar-refractivity contribution in [3.05, 3.63) is 206 Å². The average molecular weight is 675 g/mol. The summed E-state index contributed by atoms with van der Waals surface area (Å²) in [4.78, 5) is 4.10. The highest BCUT2D eigenvalue weighted by molar-refractivity contribution is 7.26. The summed E-state index contributed by atoms with van der Waals surface area (Å²) in [5.74, 6) is 0. The van der Waals surface area contributed by atoms with Crippen LogP contribution in [0.3, 0.4) is 0 Å². The van der Waals surface area contributed by atoms with Gasteiger partial charge >= 0.3 is 0 Å². The zero-order valence-corrected chi connectivity index (χ0v) is 28.4. The molecule has 0 aliphatic rings. The maximum atomic E-state index is 9.14. The molecule has 0 unspecified atom stereocenters. The Kier molecular flexibility index (Phi) is 6.99. The minimum absolute atomic E-state index is 0.0837. The molecule has 0 saturated carbocycles. The van der Waals surface area contributed by atoms with Crippen molar-refractivity contribution in [3.63, 3.8) is 0 Å². The second kappa shape index (κ2) is 13.5. The molecule has 8 aromatic carbocycles. The van der Waals surface area contributed by atoms with E-state index in [0.29, 0.717) is 5.56 Å². The van der Waals surface area contributed by atoms with Crippen molar-refractivity contribution in [1.29, 1.82) is 0 Å². The van der Waals surface area contributed by atoms with Gasteiger partial charge < -0.3 is 9.80 Å². The molecular formula is C48H34N2S. The van der Waals surface area contributed by atoms with E-state index >= 15 is 0 Å². The van der Waals surface area contributed by atoms with Gasteiger partial charge in [0.1, 0.15) is 0 Å². The molecule has 3 heteroatoms. The Bertz CT molecular complexity index is 2720. The first kappa shape index (κ1) is 26.4. The number of hydrogen-bond acceptors (Lipinski definition) is 3. The summed E-state index contributed by atoms with van der Waals surface area (Å²) in [6.45, 7) is 0. The second-order valence-electron chi connectivity index (χ2n) is 12.3. The monoisotopic (exact) mass is 674 g/mol. The van der Waals surface area contributed by atoms with Crippen molar-refractivity contribution in [3.8, 4) is 22.3 Å². The summed E-state index contributed by atoms with van der Waals surface area (Å²) in [5, 5.41) is 2.51. The summed E-state index contributed by atoms with van der Waals surface area (Å²) in [5.41, 5.74) is 7.87. The number of rotatable bonds is 8. The van der Waals surface area contributed by atoms with E-state index in [4.69, 9.17) is 5.48 Å². The van der Waals surface area contributed by atoms with Crippen LogP contribution in [0.5, 0.6) is 0 Å². The summed E-state index contributed by atoms with van der Waals surface area (Å²) in [6.07, 6.45) is 0. The van der Waals surface area contributed by atoms with Crippen LogP contribution in [-0.2, 0) is 0 Å². The molecular weight excluding hydrogens is 637 g/mol. The third-order valence-electron chi connectivity index (χ3n) is 9.14. The van der Waals surface area contributed by atoms with E-state index in [1.54, 1.807) is 4.90 Å². The topological polar surface area (TPSA) is 6.48 Å². The smallest absolute Gasteiger partial charge is 0.0645 e. The number of thiophene rings is 1. The molecule has 0 amide bonds. The molecule has 51 heavy (non-hydrogen) atoms. The van der Waals surface area contributed by atoms with E-state index in [0.717, 1.165) is 39.6 Å². The van der Waals surface area contributed by atoms with E-state index in [-0.39, 0.29) is 35.4 Å². The highest BCUT2D eigenvalue weighted by Crippen LogP contribution is 2.45. The molecule has 9 rings (SSSR count). The van der Waals surface area contributed by atoms with Gasteiger partial charge in [-0.05, 0) is 95.0 Å². The average Bonchev–Trinajstić information content (AvgIpc) is 3.63. The molecule has 2 nitrogen and oxygen atoms in total. The standard InChI is InChI=1S/C48H34N2S/c1-4-13-39(14-5-1)49(40-15-6-2-7-16-40)42-31-27-37(28-32-42)35-23-25-36(26-24-35)38-29-33-43(34-30-38)50(41-17-8-3-9-18-41)46-21-12-20-45-44-19-10-11-22-47(44)51-48(45)46/h1-34H/i27D,28D,31D,32D. The first-order valence-electron chi connectivity index (χ1n) is 18.9. The molecule has 0 radical (unpaired) electrons. The van der Waals surface area contributed by atoms with Gasteiger partial charge in [-0.1, -0.05) is 133 Å². The van der Waals surface area contributed by atoms with Gasteiger partial charge in [0.25, 0.3) is 0 Å². The molecule has 0 aliphatic carbocycles. The highest BCUT2D eigenvalue weighted by atomic mass is 32.1. The van der Waals surface area contributed by atoms with E-state index in [1.807, 2.05) is 102 Å². The second-order valence-corrected chi connectivity index (χ2v) is 13.3. The lowest BCUT2D eigenvalue weighted by atomic mass is 9.99. The van der Waals surface area contributed by atoms with Gasteiger partial charge in [-0.25, -0.2) is 0 Å². The largest absolute Gasteiger partial charge is 0.311 e. The molecule has 0 spiro atoms. The van der Waals surface area contributed by atoms with Gasteiger partial charge in [0.15, 0.2) is 0 Å². The van der Waals surface area contributed by atoms with E-state index in [9.17, 15) is 0 Å². The third-order valence-corrected chi connectivity index (χ3v) is 10.3. The van der Waals surface area contributed by atoms with Crippen LogP contribution in [0.25, 0.3) is 42.4 Å². The minimum Gasteiger partial charge on any atom is -0.311 e. The molecule has 0 aliphatic heterocycles. The first-order valence-corrected chi connectivity index (χ1v) is 17.8. The summed E-state index contributed by atoms with van der Waals surface area (Å²) in [7, 11) is 0. The Hall–Kier alpha value is -6.42. The van der Waals surface area contributed by atoms with E-state index in [2.05, 4.69) is 95.9 Å². The summed E-state index contributed by atoms with van der Waals surface area (Å²) >= 11 is 1.81. The van der Waals surface area contributed by atoms with Gasteiger partial charge in [0, 0.05) is 43.9 Å². The number of benzene rings is 8. The number of nitrogens with zero attached hydrogens (tertiary/aromatic N) is 2. The zero-order valence-electron chi connectivity index (χ0n) is 31.6. The SMILES string of the molecule is [2H]c1c([2H])c(N(c2ccccc2)c2ccccc2)c([2H])c([2H])c1-c1ccc(-c2ccc(N(c3ccccc3)c3cccc4c3sc3ccccc34)cc2)cc1. The van der Waals surface area contributed by atoms with E-state index in [1.165, 1.54) is 20.2 Å². The van der Waals surface area contributed by atoms with Gasteiger partial charge in [-0.15, -0.1) is 11.3 Å². The van der Waals surface area contributed by atoms with Crippen LogP contribution in [-0.4, -0.2) is 0 Å². The van der Waals surface area contributed by atoms with Crippen molar-refractivity contribution in [2.45, 2.75) is 0 Å². The molecule has 242 valence electrons. The molecule has 0 bridgehead atoms. The Morgan fingerprint density at radius 2 is 0.784 bits per heavy atom. The summed E-state index contributed by atoms with van der Waals surface area (Å²) in [6, 6.07) is 60.5. The van der Waals surface area contributed by atoms with Gasteiger partial charge in [-0.2, -0.15) is 0 Å². The van der Waals surface area contributed by atoms with Crippen LogP contribution >= 0.6 is 11.3 Å². The Balaban J connectivity index is 1.06. The number of para-hydroxylation sites is 3. The minimum atomic E-state index is -0.0994. The molecule has 0 N–H and O–H groups in total. The van der Waals surface area contributed by atoms with Crippen LogP contribution in [0.15, 0.2) is 206 Å². The van der Waals surface area contributed by atoms with Crippen molar-refractivity contribution in [1.82, 2.24) is 0 Å². The fraction of sp³-hybridized carbons (Fsp3) is 0. The predicted octanol–water partition coefficient (Wildman–Crippen LogP) is 14.3. The predicted molar refractivity (Wildman–Crippen MR) is 220 cm³/mol. The van der Waals surface area contributed by atoms with E-state index < -0.39 is 0 Å². The highest BCUT2D eigenvalue weighted by Gasteiger charge is 2.18. The molecule has 9 aromatic rings. The third kappa shape index (κ3) is 5.94. The fourth-order valence-corrected chi connectivity index (χ4v) is 7.87. The Morgan fingerprint density at radius 1 is 0.333 bits per heavy atom. The number of fused-ring (bicyclic) bond motifs is 3. The lowest BCUT2D eigenvalue weighted by Crippen LogP contribution is -2.09. The fourth-order valence-electron chi connectivity index (χ4n) is 6.67. The molecule has 1 aromatic heterocycles. The van der Waals surface area contributed by atoms with Crippen molar-refractivity contribution in [2.24, 2.45) is 0 Å². The lowest BCUT2D eigenvalue weighted by Gasteiger charge is -2.26. The van der Waals surface area contributed by atoms with Crippen LogP contribution in [0.4, 0.5) is 34.1 Å². The molecule has 0 fully saturated rings. The van der Waals surface area contributed by atoms with Crippen LogP contribution < -0.4 is 9.80 Å². The van der Waals surface area contributed by atoms with Gasteiger partial charge in [0.2, 0.25) is 0 Å². The van der Waals surface area contributed by atoms with Crippen LogP contribution in [0.1, 0.15) is 5.48 Å². The first-order chi connectivity index (χ1) is 27.0. The maximum absolute atomic E-state index is 9.14. The quantitative estimate of drug-likeness (QED) is 0.158. The van der Waals surface area contributed by atoms with Crippen molar-refractivity contribution < 1.29 is 5.48 Å². The van der Waals surface area contributed by atoms with Crippen LogP contribution in [0.2, 0.25) is 0 Å². The zero-order chi connectivity index (χ0) is 37.5. The molecule has 0 saturated heterocycles.